The van der Waals surface area contributed by atoms with Gasteiger partial charge in [-0.2, -0.15) is 0 Å². The first kappa shape index (κ1) is 23.2. The van der Waals surface area contributed by atoms with Gasteiger partial charge in [-0.3, -0.25) is 9.69 Å². The second kappa shape index (κ2) is 10.4. The van der Waals surface area contributed by atoms with Gasteiger partial charge < -0.3 is 15.0 Å². The number of aromatic nitrogens is 2. The first-order valence-corrected chi connectivity index (χ1v) is 13.2. The number of nitrogens with zero attached hydrogens (tertiary/aromatic N) is 4. The second-order valence-corrected chi connectivity index (χ2v) is 10.1. The number of anilines is 2. The van der Waals surface area contributed by atoms with Crippen molar-refractivity contribution in [1.82, 2.24) is 14.9 Å². The van der Waals surface area contributed by atoms with Crippen LogP contribution in [-0.2, 0) is 9.53 Å². The third-order valence-electron chi connectivity index (χ3n) is 6.90. The molecule has 7 nitrogen and oxygen atoms in total. The number of likely N-dealkylation sites (tertiary alicyclic amines) is 1. The van der Waals surface area contributed by atoms with Gasteiger partial charge >= 0.3 is 0 Å². The normalized spacial score (nSPS) is 18.5. The smallest absolute Gasteiger partial charge is 0.221 e. The first-order chi connectivity index (χ1) is 16.7. The van der Waals surface area contributed by atoms with Crippen LogP contribution in [-0.4, -0.2) is 59.8 Å². The summed E-state index contributed by atoms with van der Waals surface area (Å²) in [5, 5.41) is 4.89. The third-order valence-corrected chi connectivity index (χ3v) is 7.91. The predicted octanol–water partition coefficient (Wildman–Crippen LogP) is 4.99. The van der Waals surface area contributed by atoms with E-state index in [0.717, 1.165) is 77.8 Å². The lowest BCUT2D eigenvalue weighted by atomic mass is 9.93. The molecule has 8 heteroatoms. The number of thiophene rings is 1. The van der Waals surface area contributed by atoms with Gasteiger partial charge in [0.05, 0.1) is 5.39 Å². The summed E-state index contributed by atoms with van der Waals surface area (Å²) in [5.41, 5.74) is 2.08. The van der Waals surface area contributed by atoms with Crippen LogP contribution in [0.1, 0.15) is 39.5 Å². The zero-order valence-electron chi connectivity index (χ0n) is 20.0. The first-order valence-electron chi connectivity index (χ1n) is 12.4. The van der Waals surface area contributed by atoms with Crippen LogP contribution in [0.25, 0.3) is 21.3 Å². The van der Waals surface area contributed by atoms with E-state index in [1.807, 2.05) is 18.2 Å². The van der Waals surface area contributed by atoms with Crippen molar-refractivity contribution in [2.45, 2.75) is 45.8 Å². The predicted molar refractivity (Wildman–Crippen MR) is 138 cm³/mol. The van der Waals surface area contributed by atoms with Crippen molar-refractivity contribution in [3.05, 3.63) is 36.7 Å². The number of fused-ring (bicyclic) bond motifs is 1. The minimum absolute atomic E-state index is 0.0806. The maximum absolute atomic E-state index is 12.0. The number of rotatable bonds is 7. The Morgan fingerprint density at radius 3 is 2.56 bits per heavy atom. The molecule has 0 radical (unpaired) electrons. The Hall–Kier alpha value is -2.55. The molecule has 1 N–H and O–H groups in total. The Balaban J connectivity index is 1.45. The molecular weight excluding hydrogens is 446 g/mol. The van der Waals surface area contributed by atoms with Crippen LogP contribution < -0.4 is 10.2 Å². The van der Waals surface area contributed by atoms with Gasteiger partial charge in [-0.05, 0) is 38.2 Å². The van der Waals surface area contributed by atoms with Crippen LogP contribution in [0.3, 0.4) is 0 Å². The summed E-state index contributed by atoms with van der Waals surface area (Å²) < 4.78 is 6.24. The molecule has 2 fully saturated rings. The fourth-order valence-corrected chi connectivity index (χ4v) is 6.49. The van der Waals surface area contributed by atoms with E-state index in [1.165, 1.54) is 24.2 Å². The average Bonchev–Trinajstić information content (AvgIpc) is 3.51. The van der Waals surface area contributed by atoms with Crippen molar-refractivity contribution in [2.75, 3.05) is 43.0 Å². The number of amides is 1. The van der Waals surface area contributed by atoms with Crippen LogP contribution >= 0.6 is 11.3 Å². The molecule has 0 saturated carbocycles. The molecule has 1 amide bonds. The second-order valence-electron chi connectivity index (χ2n) is 9.14. The van der Waals surface area contributed by atoms with E-state index < -0.39 is 0 Å². The van der Waals surface area contributed by atoms with E-state index in [9.17, 15) is 4.79 Å². The summed E-state index contributed by atoms with van der Waals surface area (Å²) in [7, 11) is 0. The maximum atomic E-state index is 12.0. The Morgan fingerprint density at radius 2 is 1.88 bits per heavy atom. The van der Waals surface area contributed by atoms with E-state index in [4.69, 9.17) is 9.72 Å². The average molecular weight is 480 g/mol. The van der Waals surface area contributed by atoms with Crippen molar-refractivity contribution in [2.24, 2.45) is 5.92 Å². The number of benzene rings is 1. The van der Waals surface area contributed by atoms with Gasteiger partial charge in [0.25, 0.3) is 0 Å². The van der Waals surface area contributed by atoms with Gasteiger partial charge in [0.1, 0.15) is 28.2 Å². The number of piperidine rings is 1. The molecule has 2 aliphatic rings. The lowest BCUT2D eigenvalue weighted by molar-refractivity contribution is -0.114. The minimum atomic E-state index is -0.0806. The van der Waals surface area contributed by atoms with Crippen molar-refractivity contribution < 1.29 is 9.53 Å². The number of hydrogen-bond donors (Lipinski definition) is 1. The molecule has 1 unspecified atom stereocenters. The number of hydrogen-bond acceptors (Lipinski definition) is 7. The Bertz CT molecular complexity index is 1120. The van der Waals surface area contributed by atoms with Gasteiger partial charge in [0, 0.05) is 51.2 Å². The van der Waals surface area contributed by atoms with Gasteiger partial charge in [-0.1, -0.05) is 41.7 Å². The van der Waals surface area contributed by atoms with Crippen molar-refractivity contribution in [3.8, 4) is 11.1 Å². The van der Waals surface area contributed by atoms with Crippen LogP contribution in [0.4, 0.5) is 10.8 Å². The van der Waals surface area contributed by atoms with Gasteiger partial charge in [-0.15, -0.1) is 0 Å². The van der Waals surface area contributed by atoms with Crippen molar-refractivity contribution >= 4 is 38.3 Å². The van der Waals surface area contributed by atoms with E-state index >= 15 is 0 Å². The van der Waals surface area contributed by atoms with E-state index in [1.54, 1.807) is 13.3 Å². The number of nitrogens with one attached hydrogen (secondary N) is 1. The molecule has 34 heavy (non-hydrogen) atoms. The maximum Gasteiger partial charge on any atom is 0.221 e. The number of ether oxygens (including phenoxy) is 1. The van der Waals surface area contributed by atoms with E-state index in [2.05, 4.69) is 39.2 Å². The van der Waals surface area contributed by atoms with Crippen molar-refractivity contribution in [1.29, 1.82) is 0 Å². The topological polar surface area (TPSA) is 70.6 Å². The molecule has 0 aliphatic carbocycles. The Labute approximate surface area is 205 Å². The fraction of sp³-hybridized carbons (Fsp3) is 0.500. The number of carbonyl (C=O) groups excluding carboxylic acids is 1. The molecule has 0 spiro atoms. The van der Waals surface area contributed by atoms with Crippen LogP contribution in [0, 0.1) is 5.92 Å². The quantitative estimate of drug-likeness (QED) is 0.515. The van der Waals surface area contributed by atoms with Gasteiger partial charge in [-0.25, -0.2) is 9.97 Å². The molecule has 5 rings (SSSR count). The van der Waals surface area contributed by atoms with E-state index in [-0.39, 0.29) is 12.1 Å². The molecule has 2 aromatic heterocycles. The molecule has 180 valence electrons. The van der Waals surface area contributed by atoms with Crippen LogP contribution in [0.5, 0.6) is 0 Å². The summed E-state index contributed by atoms with van der Waals surface area (Å²) >= 11 is 1.52. The summed E-state index contributed by atoms with van der Waals surface area (Å²) in [6.07, 6.45) is 6.59. The fourth-order valence-electron chi connectivity index (χ4n) is 5.39. The summed E-state index contributed by atoms with van der Waals surface area (Å²) in [6, 6.07) is 10.2. The summed E-state index contributed by atoms with van der Waals surface area (Å²) in [4.78, 5) is 27.1. The zero-order chi connectivity index (χ0) is 23.5. The molecule has 2 aliphatic heterocycles. The lowest BCUT2D eigenvalue weighted by Gasteiger charge is -2.40. The lowest BCUT2D eigenvalue weighted by Crippen LogP contribution is -2.46. The number of carbonyl (C=O) groups is 1. The molecule has 1 aromatic carbocycles. The highest BCUT2D eigenvalue weighted by Gasteiger charge is 2.33. The molecule has 4 heterocycles. The highest BCUT2D eigenvalue weighted by atomic mass is 32.1. The van der Waals surface area contributed by atoms with E-state index in [0.29, 0.717) is 5.92 Å². The van der Waals surface area contributed by atoms with Gasteiger partial charge in [0.15, 0.2) is 0 Å². The highest BCUT2D eigenvalue weighted by Crippen LogP contribution is 2.45. The summed E-state index contributed by atoms with van der Waals surface area (Å²) in [5.74, 6) is 1.42. The van der Waals surface area contributed by atoms with Gasteiger partial charge in [0.2, 0.25) is 5.91 Å². The monoisotopic (exact) mass is 479 g/mol. The SMILES string of the molecule is CCOC(C1CCN(c2ncnc3sc(NC(C)=O)c(-c4ccccc4)c23)CC1)N1CCCC1. The van der Waals surface area contributed by atoms with Crippen LogP contribution in [0.2, 0.25) is 0 Å². The molecule has 1 atom stereocenters. The Morgan fingerprint density at radius 1 is 1.15 bits per heavy atom. The summed E-state index contributed by atoms with van der Waals surface area (Å²) in [6.45, 7) is 8.59. The standard InChI is InChI=1S/C26H33N5O2S/c1-3-33-26(31-13-7-8-14-31)20-11-15-30(16-12-20)23-22-21(19-9-5-4-6-10-19)25(29-18(2)32)34-24(22)28-17-27-23/h4-6,9-10,17,20,26H,3,7-8,11-16H2,1-2H3,(H,29,32). The highest BCUT2D eigenvalue weighted by molar-refractivity contribution is 7.23. The molecule has 2 saturated heterocycles. The molecular formula is C26H33N5O2S. The third kappa shape index (κ3) is 4.67. The minimum Gasteiger partial charge on any atom is -0.363 e. The zero-order valence-corrected chi connectivity index (χ0v) is 20.8. The van der Waals surface area contributed by atoms with Crippen LogP contribution in [0.15, 0.2) is 36.7 Å². The molecule has 0 bridgehead atoms. The Kier molecular flexibility index (Phi) is 7.08. The van der Waals surface area contributed by atoms with Crippen molar-refractivity contribution in [3.63, 3.8) is 0 Å². The molecule has 3 aromatic rings. The largest absolute Gasteiger partial charge is 0.363 e.